The quantitative estimate of drug-likeness (QED) is 0.308. The maximum atomic E-state index is 13.5. The third-order valence-corrected chi connectivity index (χ3v) is 6.47. The van der Waals surface area contributed by atoms with Crippen LogP contribution in [-0.4, -0.2) is 41.2 Å². The number of alkyl halides is 3. The van der Waals surface area contributed by atoms with Crippen LogP contribution in [0, 0.1) is 0 Å². The standard InChI is InChI=1S/C24H25F3N4O2S/c25-24(26,27)16-12-17(14-18(13-16)30-34-11-10-31-8-4-1-5-9-31)29-23(33)20-15-28-21-7-3-2-6-19(21)22(20)32/h2-3,6-7,12-15,30H,1,4-5,8-11H2,(H,28,32)(H,29,33). The number of carbonyl (C=O) groups is 1. The molecule has 1 amide bonds. The van der Waals surface area contributed by atoms with E-state index in [4.69, 9.17) is 0 Å². The monoisotopic (exact) mass is 490 g/mol. The number of rotatable bonds is 7. The summed E-state index contributed by atoms with van der Waals surface area (Å²) in [4.78, 5) is 30.6. The first-order valence-corrected chi connectivity index (χ1v) is 12.0. The third kappa shape index (κ3) is 5.92. The van der Waals surface area contributed by atoms with Gasteiger partial charge in [-0.05, 0) is 56.3 Å². The maximum absolute atomic E-state index is 13.5. The number of aromatic amines is 1. The molecule has 180 valence electrons. The second kappa shape index (κ2) is 10.5. The number of likely N-dealkylation sites (tertiary alicyclic amines) is 1. The summed E-state index contributed by atoms with van der Waals surface area (Å²) in [6.45, 7) is 2.95. The summed E-state index contributed by atoms with van der Waals surface area (Å²) >= 11 is 1.32. The molecule has 0 aliphatic carbocycles. The second-order valence-corrected chi connectivity index (χ2v) is 9.08. The predicted molar refractivity (Wildman–Crippen MR) is 130 cm³/mol. The Morgan fingerprint density at radius 1 is 1.06 bits per heavy atom. The zero-order valence-corrected chi connectivity index (χ0v) is 19.2. The summed E-state index contributed by atoms with van der Waals surface area (Å²) in [6.07, 6.45) is 0.272. The maximum Gasteiger partial charge on any atom is 0.416 e. The van der Waals surface area contributed by atoms with Crippen molar-refractivity contribution in [2.45, 2.75) is 25.4 Å². The number of pyridine rings is 1. The molecule has 10 heteroatoms. The lowest BCUT2D eigenvalue weighted by Crippen LogP contribution is -2.31. The summed E-state index contributed by atoms with van der Waals surface area (Å²) in [5, 5.41) is 2.77. The number of halogens is 3. The minimum absolute atomic E-state index is 0.0495. The molecule has 34 heavy (non-hydrogen) atoms. The third-order valence-electron chi connectivity index (χ3n) is 5.70. The fourth-order valence-corrected chi connectivity index (χ4v) is 4.69. The molecule has 0 atom stereocenters. The number of aromatic nitrogens is 1. The number of amides is 1. The van der Waals surface area contributed by atoms with E-state index < -0.39 is 23.1 Å². The number of benzene rings is 2. The van der Waals surface area contributed by atoms with Crippen molar-refractivity contribution in [2.75, 3.05) is 35.4 Å². The first-order chi connectivity index (χ1) is 16.3. The Morgan fingerprint density at radius 3 is 2.56 bits per heavy atom. The van der Waals surface area contributed by atoms with Gasteiger partial charge in [-0.2, -0.15) is 13.2 Å². The molecular formula is C24H25F3N4O2S. The summed E-state index contributed by atoms with van der Waals surface area (Å²) in [6, 6.07) is 10.00. The molecule has 2 heterocycles. The smallest absolute Gasteiger partial charge is 0.360 e. The van der Waals surface area contributed by atoms with Gasteiger partial charge in [0.05, 0.1) is 5.56 Å². The van der Waals surface area contributed by atoms with Gasteiger partial charge in [0.15, 0.2) is 0 Å². The Kier molecular flexibility index (Phi) is 7.47. The van der Waals surface area contributed by atoms with Crippen LogP contribution in [-0.2, 0) is 6.18 Å². The van der Waals surface area contributed by atoms with E-state index in [9.17, 15) is 22.8 Å². The lowest BCUT2D eigenvalue weighted by Gasteiger charge is -2.26. The van der Waals surface area contributed by atoms with Gasteiger partial charge in [-0.1, -0.05) is 30.5 Å². The highest BCUT2D eigenvalue weighted by Gasteiger charge is 2.31. The molecule has 3 N–H and O–H groups in total. The van der Waals surface area contributed by atoms with Crippen LogP contribution in [0.4, 0.5) is 24.5 Å². The van der Waals surface area contributed by atoms with E-state index in [1.54, 1.807) is 24.3 Å². The molecule has 1 aromatic heterocycles. The van der Waals surface area contributed by atoms with Gasteiger partial charge in [0, 0.05) is 40.8 Å². The highest BCUT2D eigenvalue weighted by atomic mass is 32.2. The summed E-state index contributed by atoms with van der Waals surface area (Å²) in [5.74, 6) is -0.0697. The second-order valence-electron chi connectivity index (χ2n) is 8.18. The normalized spacial score (nSPS) is 14.8. The van der Waals surface area contributed by atoms with Crippen molar-refractivity contribution in [1.82, 2.24) is 9.88 Å². The van der Waals surface area contributed by atoms with E-state index in [0.717, 1.165) is 31.8 Å². The van der Waals surface area contributed by atoms with Crippen molar-refractivity contribution in [3.63, 3.8) is 0 Å². The molecule has 0 spiro atoms. The fraction of sp³-hybridized carbons (Fsp3) is 0.333. The van der Waals surface area contributed by atoms with Crippen LogP contribution in [0.3, 0.4) is 0 Å². The number of anilines is 2. The Bertz CT molecular complexity index is 1220. The zero-order valence-electron chi connectivity index (χ0n) is 18.4. The van der Waals surface area contributed by atoms with Crippen molar-refractivity contribution < 1.29 is 18.0 Å². The lowest BCUT2D eigenvalue weighted by molar-refractivity contribution is -0.137. The van der Waals surface area contributed by atoms with Gasteiger partial charge in [0.1, 0.15) is 5.56 Å². The molecule has 3 aromatic rings. The molecule has 0 unspecified atom stereocenters. The average Bonchev–Trinajstić information content (AvgIpc) is 2.82. The number of para-hydroxylation sites is 1. The van der Waals surface area contributed by atoms with Gasteiger partial charge in [0.25, 0.3) is 5.91 Å². The number of nitrogens with one attached hydrogen (secondary N) is 3. The van der Waals surface area contributed by atoms with Crippen molar-refractivity contribution in [1.29, 1.82) is 0 Å². The molecule has 2 aromatic carbocycles. The number of carbonyl (C=O) groups excluding carboxylic acids is 1. The predicted octanol–water partition coefficient (Wildman–Crippen LogP) is 5.35. The van der Waals surface area contributed by atoms with Crippen LogP contribution in [0.1, 0.15) is 35.2 Å². The minimum atomic E-state index is -4.59. The van der Waals surface area contributed by atoms with Gasteiger partial charge in [-0.25, -0.2) is 0 Å². The van der Waals surface area contributed by atoms with Crippen molar-refractivity contribution in [3.8, 4) is 0 Å². The van der Waals surface area contributed by atoms with Crippen LogP contribution < -0.4 is 15.5 Å². The lowest BCUT2D eigenvalue weighted by atomic mass is 10.1. The zero-order chi connectivity index (χ0) is 24.1. The SMILES string of the molecule is O=C(Nc1cc(NSCCN2CCCCC2)cc(C(F)(F)F)c1)c1c[nH]c2ccccc2c1=O. The molecule has 1 fully saturated rings. The largest absolute Gasteiger partial charge is 0.416 e. The number of hydrogen-bond donors (Lipinski definition) is 3. The molecular weight excluding hydrogens is 465 g/mol. The first-order valence-electron chi connectivity index (χ1n) is 11.1. The Morgan fingerprint density at radius 2 is 1.79 bits per heavy atom. The topological polar surface area (TPSA) is 77.2 Å². The molecule has 4 rings (SSSR count). The van der Waals surface area contributed by atoms with Gasteiger partial charge >= 0.3 is 6.18 Å². The number of hydrogen-bond acceptors (Lipinski definition) is 5. The summed E-state index contributed by atoms with van der Waals surface area (Å²) in [5.41, 5.74) is -0.826. The Hall–Kier alpha value is -2.98. The van der Waals surface area contributed by atoms with Crippen LogP contribution in [0.25, 0.3) is 10.9 Å². The van der Waals surface area contributed by atoms with E-state index in [1.165, 1.54) is 43.5 Å². The Balaban J connectivity index is 1.48. The van der Waals surface area contributed by atoms with Crippen LogP contribution in [0.2, 0.25) is 0 Å². The van der Waals surface area contributed by atoms with Gasteiger partial charge in [-0.3, -0.25) is 9.59 Å². The molecule has 0 radical (unpaired) electrons. The van der Waals surface area contributed by atoms with Crippen molar-refractivity contribution in [2.24, 2.45) is 0 Å². The Labute approximate surface area is 199 Å². The van der Waals surface area contributed by atoms with E-state index >= 15 is 0 Å². The highest BCUT2D eigenvalue weighted by Crippen LogP contribution is 2.34. The van der Waals surface area contributed by atoms with Crippen molar-refractivity contribution >= 4 is 40.1 Å². The van der Waals surface area contributed by atoms with E-state index in [-0.39, 0.29) is 16.9 Å². The molecule has 1 aliphatic heterocycles. The fourth-order valence-electron chi connectivity index (χ4n) is 3.95. The molecule has 1 saturated heterocycles. The molecule has 6 nitrogen and oxygen atoms in total. The first kappa shape index (κ1) is 24.2. The summed E-state index contributed by atoms with van der Waals surface area (Å²) in [7, 11) is 0. The van der Waals surface area contributed by atoms with E-state index in [0.29, 0.717) is 16.7 Å². The van der Waals surface area contributed by atoms with E-state index in [2.05, 4.69) is 19.9 Å². The van der Waals surface area contributed by atoms with Crippen LogP contribution >= 0.6 is 11.9 Å². The molecule has 0 saturated carbocycles. The van der Waals surface area contributed by atoms with E-state index in [1.807, 2.05) is 0 Å². The number of piperidine rings is 1. The average molecular weight is 491 g/mol. The van der Waals surface area contributed by atoms with Gasteiger partial charge in [-0.15, -0.1) is 0 Å². The molecule has 1 aliphatic rings. The minimum Gasteiger partial charge on any atom is -0.360 e. The van der Waals surface area contributed by atoms with Gasteiger partial charge < -0.3 is 19.9 Å². The molecule has 0 bridgehead atoms. The number of fused-ring (bicyclic) bond motifs is 1. The number of nitrogens with zero attached hydrogens (tertiary/aromatic N) is 1. The van der Waals surface area contributed by atoms with Crippen LogP contribution in [0.15, 0.2) is 53.5 Å². The van der Waals surface area contributed by atoms with Crippen LogP contribution in [0.5, 0.6) is 0 Å². The summed E-state index contributed by atoms with van der Waals surface area (Å²) < 4.78 is 43.4. The number of H-pyrrole nitrogens is 1. The van der Waals surface area contributed by atoms with Gasteiger partial charge in [0.2, 0.25) is 5.43 Å². The highest BCUT2D eigenvalue weighted by molar-refractivity contribution is 8.00. The van der Waals surface area contributed by atoms with Crippen molar-refractivity contribution in [3.05, 3.63) is 70.0 Å².